The summed E-state index contributed by atoms with van der Waals surface area (Å²) in [5, 5.41) is 5.38. The van der Waals surface area contributed by atoms with Crippen LogP contribution in [0.4, 0.5) is 5.82 Å². The Morgan fingerprint density at radius 2 is 1.93 bits per heavy atom. The number of carbonyl (C=O) groups is 1. The molecule has 1 atom stereocenters. The minimum absolute atomic E-state index is 0.0338. The lowest BCUT2D eigenvalue weighted by molar-refractivity contribution is 0.0600. The highest BCUT2D eigenvalue weighted by molar-refractivity contribution is 5.97. The van der Waals surface area contributed by atoms with E-state index in [1.807, 2.05) is 56.3 Å². The van der Waals surface area contributed by atoms with E-state index in [2.05, 4.69) is 16.9 Å². The second-order valence-corrected chi connectivity index (χ2v) is 6.49. The van der Waals surface area contributed by atoms with Crippen LogP contribution >= 0.6 is 0 Å². The smallest absolute Gasteiger partial charge is 0.337 e. The van der Waals surface area contributed by atoms with Gasteiger partial charge in [0.25, 0.3) is 0 Å². The number of esters is 1. The van der Waals surface area contributed by atoms with Crippen LogP contribution in [0, 0.1) is 0 Å². The first-order valence-electron chi connectivity index (χ1n) is 9.36. The minimum Gasteiger partial charge on any atom is -0.465 e. The van der Waals surface area contributed by atoms with Crippen LogP contribution in [-0.2, 0) is 4.74 Å². The third kappa shape index (κ3) is 4.46. The number of carbonyl (C=O) groups excluding carboxylic acids is 1. The molecule has 3 aromatic rings. The van der Waals surface area contributed by atoms with Crippen molar-refractivity contribution >= 4 is 22.6 Å². The predicted octanol–water partition coefficient (Wildman–Crippen LogP) is 5.66. The number of anilines is 1. The zero-order valence-electron chi connectivity index (χ0n) is 16.8. The fourth-order valence-corrected chi connectivity index (χ4v) is 3.05. The normalized spacial score (nSPS) is 12.3. The van der Waals surface area contributed by atoms with Crippen molar-refractivity contribution in [3.63, 3.8) is 0 Å². The van der Waals surface area contributed by atoms with E-state index in [4.69, 9.17) is 9.47 Å². The van der Waals surface area contributed by atoms with Crippen LogP contribution in [0.1, 0.15) is 35.8 Å². The summed E-state index contributed by atoms with van der Waals surface area (Å²) in [6.07, 6.45) is 5.31. The number of nitrogens with zero attached hydrogens (tertiary/aromatic N) is 1. The Hall–Kier alpha value is -3.60. The number of benzene rings is 2. The maximum Gasteiger partial charge on any atom is 0.337 e. The zero-order valence-corrected chi connectivity index (χ0v) is 16.8. The molecule has 2 aromatic carbocycles. The SMILES string of the molecule is C=C/C(=C\C)Oc1cccc2ccnc(N[C@@H](C)c3ccc(C(=O)OC)cc3)c12. The van der Waals surface area contributed by atoms with Crippen LogP contribution in [0.5, 0.6) is 5.75 Å². The van der Waals surface area contributed by atoms with Gasteiger partial charge >= 0.3 is 5.97 Å². The molecule has 3 rings (SSSR count). The fraction of sp³-hybridized carbons (Fsp3) is 0.167. The molecule has 0 unspecified atom stereocenters. The van der Waals surface area contributed by atoms with Crippen molar-refractivity contribution in [2.75, 3.05) is 12.4 Å². The summed E-state index contributed by atoms with van der Waals surface area (Å²) >= 11 is 0. The van der Waals surface area contributed by atoms with Gasteiger partial charge in [0.1, 0.15) is 17.3 Å². The number of allylic oxidation sites excluding steroid dienone is 2. The number of ether oxygens (including phenoxy) is 2. The molecule has 0 spiro atoms. The van der Waals surface area contributed by atoms with Crippen molar-refractivity contribution < 1.29 is 14.3 Å². The molecule has 0 radical (unpaired) electrons. The maximum atomic E-state index is 11.6. The molecule has 1 heterocycles. The maximum absolute atomic E-state index is 11.6. The van der Waals surface area contributed by atoms with Gasteiger partial charge in [-0.2, -0.15) is 0 Å². The predicted molar refractivity (Wildman–Crippen MR) is 116 cm³/mol. The number of pyridine rings is 1. The van der Waals surface area contributed by atoms with Gasteiger partial charge < -0.3 is 14.8 Å². The third-order valence-corrected chi connectivity index (χ3v) is 4.65. The van der Waals surface area contributed by atoms with Gasteiger partial charge in [-0.25, -0.2) is 9.78 Å². The molecule has 0 fully saturated rings. The first-order valence-corrected chi connectivity index (χ1v) is 9.36. The largest absolute Gasteiger partial charge is 0.465 e. The van der Waals surface area contributed by atoms with Crippen molar-refractivity contribution in [2.45, 2.75) is 19.9 Å². The molecule has 1 aromatic heterocycles. The number of hydrogen-bond acceptors (Lipinski definition) is 5. The van der Waals surface area contributed by atoms with Crippen molar-refractivity contribution in [1.29, 1.82) is 0 Å². The number of methoxy groups -OCH3 is 1. The van der Waals surface area contributed by atoms with Gasteiger partial charge in [-0.3, -0.25) is 0 Å². The van der Waals surface area contributed by atoms with Gasteiger partial charge in [0.2, 0.25) is 0 Å². The van der Waals surface area contributed by atoms with Crippen molar-refractivity contribution in [1.82, 2.24) is 4.98 Å². The van der Waals surface area contributed by atoms with Gasteiger partial charge in [-0.1, -0.05) is 30.8 Å². The standard InChI is InChI=1S/C24H24N2O3/c1-5-20(6-2)29-21-9-7-8-18-14-15-25-23(22(18)21)26-16(3)17-10-12-19(13-11-17)24(27)28-4/h5-16H,1H2,2-4H3,(H,25,26)/b20-6+/t16-/m0/s1. The molecule has 0 saturated heterocycles. The molecular formula is C24H24N2O3. The summed E-state index contributed by atoms with van der Waals surface area (Å²) in [5.74, 6) is 1.76. The molecule has 0 amide bonds. The number of aromatic nitrogens is 1. The molecule has 1 N–H and O–H groups in total. The Labute approximate surface area is 170 Å². The Bertz CT molecular complexity index is 1050. The highest BCUT2D eigenvalue weighted by Crippen LogP contribution is 2.33. The van der Waals surface area contributed by atoms with E-state index in [0.717, 1.165) is 22.2 Å². The third-order valence-electron chi connectivity index (χ3n) is 4.65. The van der Waals surface area contributed by atoms with E-state index < -0.39 is 0 Å². The molecular weight excluding hydrogens is 364 g/mol. The van der Waals surface area contributed by atoms with Gasteiger partial charge in [0, 0.05) is 12.2 Å². The number of hydrogen-bond donors (Lipinski definition) is 1. The quantitative estimate of drug-likeness (QED) is 0.321. The second kappa shape index (κ2) is 9.06. The summed E-state index contributed by atoms with van der Waals surface area (Å²) in [5.41, 5.74) is 1.54. The summed E-state index contributed by atoms with van der Waals surface area (Å²) in [6, 6.07) is 15.1. The molecule has 5 nitrogen and oxygen atoms in total. The van der Waals surface area contributed by atoms with Crippen molar-refractivity contribution in [3.8, 4) is 5.75 Å². The first-order chi connectivity index (χ1) is 14.1. The Balaban J connectivity index is 1.93. The lowest BCUT2D eigenvalue weighted by atomic mass is 10.1. The van der Waals surface area contributed by atoms with Gasteiger partial charge in [-0.15, -0.1) is 0 Å². The summed E-state index contributed by atoms with van der Waals surface area (Å²) in [7, 11) is 1.37. The van der Waals surface area contributed by atoms with Crippen LogP contribution < -0.4 is 10.1 Å². The van der Waals surface area contributed by atoms with Crippen LogP contribution in [0.15, 0.2) is 79.2 Å². The van der Waals surface area contributed by atoms with Gasteiger partial charge in [0.15, 0.2) is 0 Å². The summed E-state index contributed by atoms with van der Waals surface area (Å²) in [6.45, 7) is 7.73. The molecule has 0 aliphatic carbocycles. The minimum atomic E-state index is -0.350. The van der Waals surface area contributed by atoms with E-state index >= 15 is 0 Å². The average Bonchev–Trinajstić information content (AvgIpc) is 2.77. The monoisotopic (exact) mass is 388 g/mol. The van der Waals surface area contributed by atoms with E-state index in [1.54, 1.807) is 24.4 Å². The molecule has 148 valence electrons. The van der Waals surface area contributed by atoms with E-state index in [9.17, 15) is 4.79 Å². The topological polar surface area (TPSA) is 60.5 Å². The Morgan fingerprint density at radius 3 is 2.59 bits per heavy atom. The van der Waals surface area contributed by atoms with Crippen LogP contribution in [-0.4, -0.2) is 18.1 Å². The highest BCUT2D eigenvalue weighted by atomic mass is 16.5. The van der Waals surface area contributed by atoms with E-state index in [1.165, 1.54) is 7.11 Å². The zero-order chi connectivity index (χ0) is 20.8. The lowest BCUT2D eigenvalue weighted by Gasteiger charge is -2.18. The van der Waals surface area contributed by atoms with Crippen LogP contribution in [0.3, 0.4) is 0 Å². The lowest BCUT2D eigenvalue weighted by Crippen LogP contribution is -2.09. The Kier molecular flexibility index (Phi) is 6.29. The molecule has 0 aliphatic rings. The van der Waals surface area contributed by atoms with Crippen molar-refractivity contribution in [2.24, 2.45) is 0 Å². The second-order valence-electron chi connectivity index (χ2n) is 6.49. The summed E-state index contributed by atoms with van der Waals surface area (Å²) < 4.78 is 10.8. The molecule has 0 aliphatic heterocycles. The van der Waals surface area contributed by atoms with Crippen LogP contribution in [0.2, 0.25) is 0 Å². The summed E-state index contributed by atoms with van der Waals surface area (Å²) in [4.78, 5) is 16.2. The van der Waals surface area contributed by atoms with Crippen LogP contribution in [0.25, 0.3) is 10.8 Å². The van der Waals surface area contributed by atoms with Crippen molar-refractivity contribution in [3.05, 3.63) is 90.3 Å². The molecule has 0 bridgehead atoms. The first kappa shape index (κ1) is 20.1. The van der Waals surface area contributed by atoms with Gasteiger partial charge in [0.05, 0.1) is 18.1 Å². The number of nitrogens with one attached hydrogen (secondary N) is 1. The average molecular weight is 388 g/mol. The highest BCUT2D eigenvalue weighted by Gasteiger charge is 2.14. The van der Waals surface area contributed by atoms with E-state index in [-0.39, 0.29) is 12.0 Å². The Morgan fingerprint density at radius 1 is 1.17 bits per heavy atom. The van der Waals surface area contributed by atoms with E-state index in [0.29, 0.717) is 17.1 Å². The molecule has 29 heavy (non-hydrogen) atoms. The number of fused-ring (bicyclic) bond motifs is 1. The van der Waals surface area contributed by atoms with Gasteiger partial charge in [-0.05, 0) is 61.2 Å². The fourth-order valence-electron chi connectivity index (χ4n) is 3.05. The number of rotatable bonds is 7. The molecule has 0 saturated carbocycles. The molecule has 5 heteroatoms.